The van der Waals surface area contributed by atoms with E-state index in [1.165, 1.54) is 0 Å². The predicted molar refractivity (Wildman–Crippen MR) is 15.1 cm³/mol. The third-order valence-corrected chi connectivity index (χ3v) is 0. The highest BCUT2D eigenvalue weighted by atomic mass is 28.4. The Labute approximate surface area is 51.8 Å². The van der Waals surface area contributed by atoms with E-state index in [1.54, 1.807) is 0 Å². The van der Waals surface area contributed by atoms with Gasteiger partial charge in [0.05, 0.1) is 0 Å². The summed E-state index contributed by atoms with van der Waals surface area (Å²) in [5.74, 6) is 0. The van der Waals surface area contributed by atoms with Crippen molar-refractivity contribution >= 4 is 26.4 Å². The molecule has 0 unspecified atom stereocenters. The molecule has 2 N–H and O–H groups in total. The Morgan fingerprint density at radius 1 is 0.857 bits per heavy atom. The van der Waals surface area contributed by atoms with Crippen LogP contribution in [-0.2, 0) is 0 Å². The van der Waals surface area contributed by atoms with Gasteiger partial charge in [-0.3, -0.25) is 0 Å². The Morgan fingerprint density at radius 3 is 0.857 bits per heavy atom. The Bertz CT molecular complexity index is 23.6. The molecule has 0 aliphatic heterocycles. The lowest BCUT2D eigenvalue weighted by molar-refractivity contribution is -0.624. The van der Waals surface area contributed by atoms with Crippen molar-refractivity contribution in [2.75, 3.05) is 0 Å². The Balaban J connectivity index is -0.0000000800. The quantitative estimate of drug-likeness (QED) is 0.308. The van der Waals surface area contributed by atoms with Crippen LogP contribution in [0.5, 0.6) is 0 Å². The van der Waals surface area contributed by atoms with Gasteiger partial charge in [-0.15, -0.1) is 0 Å². The van der Waals surface area contributed by atoms with E-state index in [0.29, 0.717) is 0 Å². The molecule has 0 heterocycles. The Kier molecular flexibility index (Phi) is 10.5. The maximum Gasteiger partial charge on any atom is 0 e. The SMILES string of the molecule is O.[Al].[O-][Si]([O-])([O-])[O-]. The normalized spacial score (nSPS) is 8.57. The van der Waals surface area contributed by atoms with E-state index >= 15 is 0 Å². The van der Waals surface area contributed by atoms with Gasteiger partial charge in [0.25, 0.3) is 0 Å². The van der Waals surface area contributed by atoms with Crippen LogP contribution in [0.4, 0.5) is 0 Å². The lowest BCUT2D eigenvalue weighted by atomic mass is 15.7. The van der Waals surface area contributed by atoms with Gasteiger partial charge in [0.15, 0.2) is 0 Å². The van der Waals surface area contributed by atoms with Crippen molar-refractivity contribution in [1.29, 1.82) is 0 Å². The molecule has 0 rings (SSSR count). The van der Waals surface area contributed by atoms with Gasteiger partial charge >= 0.3 is 0 Å². The Hall–Kier alpha value is 0.549. The van der Waals surface area contributed by atoms with Crippen molar-refractivity contribution in [3.8, 4) is 0 Å². The second-order valence-corrected chi connectivity index (χ2v) is 1.50. The molecule has 7 heteroatoms. The molecule has 0 aromatic carbocycles. The van der Waals surface area contributed by atoms with Gasteiger partial charge in [0.2, 0.25) is 0 Å². The monoisotopic (exact) mass is 137 g/mol. The first-order valence-corrected chi connectivity index (χ1v) is 2.45. The molecular formula is H2AlO5Si-4. The maximum atomic E-state index is 8.58. The van der Waals surface area contributed by atoms with Gasteiger partial charge in [-0.2, -0.15) is 0 Å². The van der Waals surface area contributed by atoms with Crippen LogP contribution >= 0.6 is 0 Å². The van der Waals surface area contributed by atoms with Crippen molar-refractivity contribution in [3.63, 3.8) is 0 Å². The van der Waals surface area contributed by atoms with E-state index in [2.05, 4.69) is 0 Å². The third kappa shape index (κ3) is 449. The maximum absolute atomic E-state index is 8.58. The third-order valence-electron chi connectivity index (χ3n) is 0. The zero-order chi connectivity index (χ0) is 4.50. The highest BCUT2D eigenvalue weighted by molar-refractivity contribution is 6.38. The van der Waals surface area contributed by atoms with E-state index in [1.807, 2.05) is 0 Å². The molecule has 3 radical (unpaired) electrons. The van der Waals surface area contributed by atoms with Gasteiger partial charge in [0, 0.05) is 17.4 Å². The molecule has 0 atom stereocenters. The van der Waals surface area contributed by atoms with E-state index < -0.39 is 9.05 Å². The molecular weight excluding hydrogens is 135 g/mol. The highest BCUT2D eigenvalue weighted by Crippen LogP contribution is 1.26. The van der Waals surface area contributed by atoms with Crippen molar-refractivity contribution in [3.05, 3.63) is 0 Å². The fraction of sp³-hybridized carbons (Fsp3) is 0. The van der Waals surface area contributed by atoms with Crippen molar-refractivity contribution in [2.24, 2.45) is 0 Å². The summed E-state index contributed by atoms with van der Waals surface area (Å²) in [4.78, 5) is 34.3. The molecule has 0 amide bonds. The Morgan fingerprint density at radius 2 is 0.857 bits per heavy atom. The van der Waals surface area contributed by atoms with E-state index in [0.717, 1.165) is 0 Å². The van der Waals surface area contributed by atoms with Gasteiger partial charge in [-0.25, -0.2) is 0 Å². The van der Waals surface area contributed by atoms with E-state index in [4.69, 9.17) is 19.2 Å². The summed E-state index contributed by atoms with van der Waals surface area (Å²) in [5, 5.41) is 0. The average molecular weight is 137 g/mol. The minimum atomic E-state index is -5.61. The lowest BCUT2D eigenvalue weighted by Crippen LogP contribution is -2.82. The molecule has 43 valence electrons. The van der Waals surface area contributed by atoms with Gasteiger partial charge in [-0.05, 0) is 0 Å². The minimum Gasteiger partial charge on any atom is -0.894 e. The average Bonchev–Trinajstić information content (AvgIpc) is 0.722. The van der Waals surface area contributed by atoms with Crippen LogP contribution in [0.3, 0.4) is 0 Å². The first kappa shape index (κ1) is 15.6. The molecule has 5 nitrogen and oxygen atoms in total. The van der Waals surface area contributed by atoms with Crippen LogP contribution in [0.25, 0.3) is 0 Å². The molecule has 0 bridgehead atoms. The number of hydrogen-bond donors (Lipinski definition) is 0. The van der Waals surface area contributed by atoms with Crippen molar-refractivity contribution < 1.29 is 24.7 Å². The zero-order valence-corrected chi connectivity index (χ0v) is 5.37. The fourth-order valence-electron chi connectivity index (χ4n) is 0. The van der Waals surface area contributed by atoms with Crippen LogP contribution in [-0.4, -0.2) is 31.9 Å². The first-order chi connectivity index (χ1) is 2.00. The summed E-state index contributed by atoms with van der Waals surface area (Å²) in [6.07, 6.45) is 0. The lowest BCUT2D eigenvalue weighted by Gasteiger charge is -2.67. The number of hydrogen-bond acceptors (Lipinski definition) is 4. The second kappa shape index (κ2) is 4.70. The molecule has 0 saturated heterocycles. The molecule has 0 spiro atoms. The van der Waals surface area contributed by atoms with Crippen LogP contribution in [0.2, 0.25) is 0 Å². The van der Waals surface area contributed by atoms with Gasteiger partial charge in [-0.1, -0.05) is 0 Å². The molecule has 0 aromatic rings. The summed E-state index contributed by atoms with van der Waals surface area (Å²) in [6, 6.07) is 0. The zero-order valence-electron chi connectivity index (χ0n) is 3.21. The predicted octanol–water partition coefficient (Wildman–Crippen LogP) is -6.34. The molecule has 0 saturated carbocycles. The molecule has 0 aromatic heterocycles. The van der Waals surface area contributed by atoms with Gasteiger partial charge < -0.3 is 33.7 Å². The molecule has 0 aliphatic rings. The van der Waals surface area contributed by atoms with Crippen molar-refractivity contribution in [1.82, 2.24) is 0 Å². The van der Waals surface area contributed by atoms with Crippen LogP contribution in [0, 0.1) is 0 Å². The summed E-state index contributed by atoms with van der Waals surface area (Å²) >= 11 is 0. The second-order valence-electron chi connectivity index (χ2n) is 0.500. The molecule has 7 heavy (non-hydrogen) atoms. The van der Waals surface area contributed by atoms with Gasteiger partial charge in [0.1, 0.15) is 0 Å². The van der Waals surface area contributed by atoms with Crippen LogP contribution in [0.15, 0.2) is 0 Å². The van der Waals surface area contributed by atoms with E-state index in [-0.39, 0.29) is 22.8 Å². The minimum absolute atomic E-state index is 0. The summed E-state index contributed by atoms with van der Waals surface area (Å²) in [6.45, 7) is 0. The smallest absolute Gasteiger partial charge is 0 e. The summed E-state index contributed by atoms with van der Waals surface area (Å²) in [5.41, 5.74) is 0. The molecule has 0 fully saturated rings. The van der Waals surface area contributed by atoms with Crippen molar-refractivity contribution in [2.45, 2.75) is 0 Å². The topological polar surface area (TPSA) is 124 Å². The summed E-state index contributed by atoms with van der Waals surface area (Å²) in [7, 11) is -5.61. The van der Waals surface area contributed by atoms with Crippen LogP contribution < -0.4 is 19.2 Å². The van der Waals surface area contributed by atoms with Crippen LogP contribution in [0.1, 0.15) is 0 Å². The fourth-order valence-corrected chi connectivity index (χ4v) is 0. The highest BCUT2D eigenvalue weighted by Gasteiger charge is 1.36. The van der Waals surface area contributed by atoms with E-state index in [9.17, 15) is 0 Å². The first-order valence-electron chi connectivity index (χ1n) is 0.816. The largest absolute Gasteiger partial charge is 0.894 e. The molecule has 0 aliphatic carbocycles. The number of rotatable bonds is 0. The summed E-state index contributed by atoms with van der Waals surface area (Å²) < 4.78 is 0. The standard InChI is InChI=1S/Al.O4Si.H2O/c;1-5(2,3)4;/h;;1H2/q;-4;.